The lowest BCUT2D eigenvalue weighted by Crippen LogP contribution is -2.45. The summed E-state index contributed by atoms with van der Waals surface area (Å²) in [6.45, 7) is 4.02. The summed E-state index contributed by atoms with van der Waals surface area (Å²) in [5.74, 6) is 0.636. The van der Waals surface area contributed by atoms with Crippen LogP contribution in [0.25, 0.3) is 0 Å². The Kier molecular flexibility index (Phi) is 3.69. The molecule has 4 heteroatoms. The molecule has 0 radical (unpaired) electrons. The first-order valence-electron chi connectivity index (χ1n) is 4.72. The van der Waals surface area contributed by atoms with Crippen LogP contribution in [0.5, 0.6) is 0 Å². The van der Waals surface area contributed by atoms with Crippen LogP contribution in [-0.2, 0) is 4.79 Å². The Balaban J connectivity index is 2.20. The van der Waals surface area contributed by atoms with Crippen molar-refractivity contribution in [2.45, 2.75) is 19.4 Å². The predicted octanol–water partition coefficient (Wildman–Crippen LogP) is -0.565. The number of rotatable bonds is 4. The highest BCUT2D eigenvalue weighted by atomic mass is 16.3. The van der Waals surface area contributed by atoms with E-state index in [-0.39, 0.29) is 5.91 Å². The third kappa shape index (κ3) is 3.32. The molecule has 1 saturated heterocycles. The Morgan fingerprint density at radius 3 is 2.69 bits per heavy atom. The van der Waals surface area contributed by atoms with Crippen molar-refractivity contribution in [2.75, 3.05) is 26.7 Å². The molecule has 1 atom stereocenters. The van der Waals surface area contributed by atoms with E-state index in [0.29, 0.717) is 18.9 Å². The summed E-state index contributed by atoms with van der Waals surface area (Å²) in [6.07, 6.45) is 0.171. The summed E-state index contributed by atoms with van der Waals surface area (Å²) in [6, 6.07) is 0. The molecule has 0 bridgehead atoms. The van der Waals surface area contributed by atoms with Crippen molar-refractivity contribution in [3.63, 3.8) is 0 Å². The molecule has 1 unspecified atom stereocenters. The summed E-state index contributed by atoms with van der Waals surface area (Å²) >= 11 is 0. The van der Waals surface area contributed by atoms with Crippen LogP contribution in [0.2, 0.25) is 0 Å². The molecule has 1 rings (SSSR count). The number of nitrogens with one attached hydrogen (secondary N) is 1. The summed E-state index contributed by atoms with van der Waals surface area (Å²) in [5.41, 5.74) is 0. The second-order valence-corrected chi connectivity index (χ2v) is 3.85. The molecule has 4 nitrogen and oxygen atoms in total. The maximum absolute atomic E-state index is 11.5. The normalized spacial score (nSPS) is 19.3. The quantitative estimate of drug-likeness (QED) is 0.618. The van der Waals surface area contributed by atoms with E-state index in [9.17, 15) is 4.79 Å². The number of hydrogen-bond donors (Lipinski definition) is 2. The van der Waals surface area contributed by atoms with Gasteiger partial charge in [-0.1, -0.05) is 0 Å². The van der Waals surface area contributed by atoms with Gasteiger partial charge in [-0.3, -0.25) is 4.79 Å². The zero-order valence-electron chi connectivity index (χ0n) is 8.29. The Hall–Kier alpha value is -0.610. The van der Waals surface area contributed by atoms with Gasteiger partial charge in [-0.05, 0) is 25.9 Å². The molecule has 1 fully saturated rings. The number of amides is 1. The topological polar surface area (TPSA) is 52.6 Å². The van der Waals surface area contributed by atoms with Gasteiger partial charge >= 0.3 is 0 Å². The van der Waals surface area contributed by atoms with Gasteiger partial charge in [0, 0.05) is 20.0 Å². The highest BCUT2D eigenvalue weighted by Gasteiger charge is 2.22. The maximum Gasteiger partial charge on any atom is 0.222 e. The van der Waals surface area contributed by atoms with Crippen LogP contribution in [0.1, 0.15) is 13.3 Å². The third-order valence-electron chi connectivity index (χ3n) is 2.29. The van der Waals surface area contributed by atoms with Crippen molar-refractivity contribution < 1.29 is 9.90 Å². The van der Waals surface area contributed by atoms with Gasteiger partial charge in [0.2, 0.25) is 5.91 Å². The van der Waals surface area contributed by atoms with Gasteiger partial charge in [-0.15, -0.1) is 0 Å². The molecular weight excluding hydrogens is 168 g/mol. The maximum atomic E-state index is 11.5. The van der Waals surface area contributed by atoms with Gasteiger partial charge in [0.25, 0.3) is 0 Å². The SMILES string of the molecule is CC(O)CN(C)C(=O)CC1CNC1. The van der Waals surface area contributed by atoms with Gasteiger partial charge < -0.3 is 15.3 Å². The Labute approximate surface area is 78.9 Å². The number of aliphatic hydroxyl groups is 1. The molecule has 0 aliphatic carbocycles. The zero-order valence-corrected chi connectivity index (χ0v) is 8.29. The average Bonchev–Trinajstić information content (AvgIpc) is 1.94. The molecule has 1 aliphatic rings. The van der Waals surface area contributed by atoms with Crippen molar-refractivity contribution in [2.24, 2.45) is 5.92 Å². The molecule has 0 aromatic carbocycles. The molecule has 1 aliphatic heterocycles. The molecule has 0 aromatic rings. The van der Waals surface area contributed by atoms with Crippen molar-refractivity contribution in [3.8, 4) is 0 Å². The smallest absolute Gasteiger partial charge is 0.222 e. The van der Waals surface area contributed by atoms with E-state index in [0.717, 1.165) is 13.1 Å². The van der Waals surface area contributed by atoms with Crippen LogP contribution in [0, 0.1) is 5.92 Å². The van der Waals surface area contributed by atoms with Gasteiger partial charge in [0.1, 0.15) is 0 Å². The van der Waals surface area contributed by atoms with Crippen LogP contribution in [-0.4, -0.2) is 48.7 Å². The van der Waals surface area contributed by atoms with Gasteiger partial charge in [0.15, 0.2) is 0 Å². The van der Waals surface area contributed by atoms with E-state index in [4.69, 9.17) is 5.11 Å². The minimum absolute atomic E-state index is 0.132. The number of aliphatic hydroxyl groups excluding tert-OH is 1. The van der Waals surface area contributed by atoms with Gasteiger partial charge in [-0.25, -0.2) is 0 Å². The lowest BCUT2D eigenvalue weighted by molar-refractivity contribution is -0.132. The minimum atomic E-state index is -0.437. The van der Waals surface area contributed by atoms with Gasteiger partial charge in [0.05, 0.1) is 6.10 Å². The van der Waals surface area contributed by atoms with Crippen LogP contribution >= 0.6 is 0 Å². The lowest BCUT2D eigenvalue weighted by Gasteiger charge is -2.28. The molecule has 0 aromatic heterocycles. The van der Waals surface area contributed by atoms with Crippen LogP contribution in [0.4, 0.5) is 0 Å². The van der Waals surface area contributed by atoms with Crippen molar-refractivity contribution >= 4 is 5.91 Å². The fourth-order valence-electron chi connectivity index (χ4n) is 1.39. The fraction of sp³-hybridized carbons (Fsp3) is 0.889. The highest BCUT2D eigenvalue weighted by Crippen LogP contribution is 2.09. The van der Waals surface area contributed by atoms with E-state index in [1.807, 2.05) is 0 Å². The predicted molar refractivity (Wildman–Crippen MR) is 50.3 cm³/mol. The first kappa shape index (κ1) is 10.5. The van der Waals surface area contributed by atoms with E-state index >= 15 is 0 Å². The number of likely N-dealkylation sites (N-methyl/N-ethyl adjacent to an activating group) is 1. The monoisotopic (exact) mass is 186 g/mol. The summed E-state index contributed by atoms with van der Waals surface area (Å²) < 4.78 is 0. The standard InChI is InChI=1S/C9H18N2O2/c1-7(12)6-11(2)9(13)3-8-4-10-5-8/h7-8,10,12H,3-6H2,1-2H3. The number of carbonyl (C=O) groups is 1. The van der Waals surface area contributed by atoms with E-state index in [1.165, 1.54) is 0 Å². The van der Waals surface area contributed by atoms with Crippen LogP contribution in [0.15, 0.2) is 0 Å². The molecule has 76 valence electrons. The van der Waals surface area contributed by atoms with Crippen molar-refractivity contribution in [3.05, 3.63) is 0 Å². The lowest BCUT2D eigenvalue weighted by atomic mass is 9.99. The molecular formula is C9H18N2O2. The average molecular weight is 186 g/mol. The third-order valence-corrected chi connectivity index (χ3v) is 2.29. The van der Waals surface area contributed by atoms with Crippen molar-refractivity contribution in [1.82, 2.24) is 10.2 Å². The molecule has 13 heavy (non-hydrogen) atoms. The second kappa shape index (κ2) is 4.58. The van der Waals surface area contributed by atoms with Crippen LogP contribution in [0.3, 0.4) is 0 Å². The van der Waals surface area contributed by atoms with Crippen molar-refractivity contribution in [1.29, 1.82) is 0 Å². The Morgan fingerprint density at radius 2 is 2.31 bits per heavy atom. The number of nitrogens with zero attached hydrogens (tertiary/aromatic N) is 1. The molecule has 1 amide bonds. The summed E-state index contributed by atoms with van der Waals surface area (Å²) in [7, 11) is 1.74. The largest absolute Gasteiger partial charge is 0.392 e. The van der Waals surface area contributed by atoms with E-state index in [2.05, 4.69) is 5.32 Å². The summed E-state index contributed by atoms with van der Waals surface area (Å²) in [4.78, 5) is 13.1. The number of carbonyl (C=O) groups excluding carboxylic acids is 1. The van der Waals surface area contributed by atoms with Crippen LogP contribution < -0.4 is 5.32 Å². The second-order valence-electron chi connectivity index (χ2n) is 3.85. The Bertz CT molecular complexity index is 178. The Morgan fingerprint density at radius 1 is 1.69 bits per heavy atom. The first-order chi connectivity index (χ1) is 6.09. The minimum Gasteiger partial charge on any atom is -0.392 e. The molecule has 2 N–H and O–H groups in total. The fourth-order valence-corrected chi connectivity index (χ4v) is 1.39. The number of hydrogen-bond acceptors (Lipinski definition) is 3. The summed E-state index contributed by atoms with van der Waals surface area (Å²) in [5, 5.41) is 12.2. The van der Waals surface area contributed by atoms with Gasteiger partial charge in [-0.2, -0.15) is 0 Å². The molecule has 0 saturated carbocycles. The highest BCUT2D eigenvalue weighted by molar-refractivity contribution is 5.76. The first-order valence-corrected chi connectivity index (χ1v) is 4.72. The molecule has 0 spiro atoms. The molecule has 1 heterocycles. The van der Waals surface area contributed by atoms with E-state index < -0.39 is 6.10 Å². The van der Waals surface area contributed by atoms with E-state index in [1.54, 1.807) is 18.9 Å². The zero-order chi connectivity index (χ0) is 9.84.